The molecule has 0 bridgehead atoms. The number of piperazine rings is 1. The Bertz CT molecular complexity index is 306. The molecular weight excluding hydrogens is 230 g/mol. The summed E-state index contributed by atoms with van der Waals surface area (Å²) in [4.78, 5) is 26.2. The minimum atomic E-state index is -0.160. The number of hydrogen-bond acceptors (Lipinski definition) is 3. The van der Waals surface area contributed by atoms with Crippen molar-refractivity contribution in [2.75, 3.05) is 32.1 Å². The number of hydrogen-bond donors (Lipinski definition) is 0. The first kappa shape index (κ1) is 12.8. The lowest BCUT2D eigenvalue weighted by molar-refractivity contribution is -0.138. The Labute approximate surface area is 99.6 Å². The van der Waals surface area contributed by atoms with Crippen LogP contribution in [-0.4, -0.2) is 53.7 Å². The van der Waals surface area contributed by atoms with Crippen molar-refractivity contribution < 1.29 is 9.59 Å². The lowest BCUT2D eigenvalue weighted by atomic mass is 10.2. The molecule has 1 aliphatic heterocycles. The van der Waals surface area contributed by atoms with Gasteiger partial charge < -0.3 is 9.80 Å². The van der Waals surface area contributed by atoms with Crippen LogP contribution >= 0.6 is 11.6 Å². The molecule has 5 nitrogen and oxygen atoms in total. The highest BCUT2D eigenvalue weighted by Crippen LogP contribution is 2.05. The van der Waals surface area contributed by atoms with Gasteiger partial charge in [0, 0.05) is 38.5 Å². The molecule has 0 aromatic heterocycles. The zero-order valence-corrected chi connectivity index (χ0v) is 9.74. The summed E-state index contributed by atoms with van der Waals surface area (Å²) in [7, 11) is 0. The van der Waals surface area contributed by atoms with Gasteiger partial charge in [0.25, 0.3) is 0 Å². The zero-order chi connectivity index (χ0) is 12.0. The van der Waals surface area contributed by atoms with E-state index in [9.17, 15) is 9.59 Å². The molecule has 0 atom stereocenters. The summed E-state index contributed by atoms with van der Waals surface area (Å²) >= 11 is 5.49. The topological polar surface area (TPSA) is 64.4 Å². The van der Waals surface area contributed by atoms with Crippen LogP contribution in [0.2, 0.25) is 0 Å². The normalized spacial score (nSPS) is 15.8. The molecular formula is C10H14ClN3O2. The Morgan fingerprint density at radius 3 is 2.06 bits per heavy atom. The Kier molecular flexibility index (Phi) is 5.06. The van der Waals surface area contributed by atoms with Crippen molar-refractivity contribution in [1.82, 2.24) is 9.80 Å². The SMILES string of the molecule is N#CCC(=O)N1CCN(C(=O)CCCl)CC1. The van der Waals surface area contributed by atoms with Gasteiger partial charge in [-0.15, -0.1) is 11.6 Å². The van der Waals surface area contributed by atoms with Crippen LogP contribution in [0.15, 0.2) is 0 Å². The van der Waals surface area contributed by atoms with Crippen LogP contribution in [0.1, 0.15) is 12.8 Å². The highest BCUT2D eigenvalue weighted by molar-refractivity contribution is 6.18. The van der Waals surface area contributed by atoms with Gasteiger partial charge in [0.05, 0.1) is 6.07 Å². The molecule has 0 N–H and O–H groups in total. The van der Waals surface area contributed by atoms with Gasteiger partial charge in [-0.3, -0.25) is 9.59 Å². The molecule has 0 aromatic carbocycles. The maximum atomic E-state index is 11.5. The van der Waals surface area contributed by atoms with Crippen molar-refractivity contribution >= 4 is 23.4 Å². The third kappa shape index (κ3) is 3.38. The van der Waals surface area contributed by atoms with E-state index < -0.39 is 0 Å². The Morgan fingerprint density at radius 1 is 1.12 bits per heavy atom. The van der Waals surface area contributed by atoms with Crippen LogP contribution in [0, 0.1) is 11.3 Å². The van der Waals surface area contributed by atoms with Crippen molar-refractivity contribution in [1.29, 1.82) is 5.26 Å². The maximum Gasteiger partial charge on any atom is 0.236 e. The van der Waals surface area contributed by atoms with E-state index in [-0.39, 0.29) is 18.2 Å². The molecule has 1 heterocycles. The first-order valence-corrected chi connectivity index (χ1v) is 5.71. The van der Waals surface area contributed by atoms with Crippen LogP contribution < -0.4 is 0 Å². The Morgan fingerprint density at radius 2 is 1.62 bits per heavy atom. The van der Waals surface area contributed by atoms with E-state index in [1.807, 2.05) is 6.07 Å². The molecule has 6 heteroatoms. The minimum Gasteiger partial charge on any atom is -0.339 e. The summed E-state index contributed by atoms with van der Waals surface area (Å²) < 4.78 is 0. The van der Waals surface area contributed by atoms with Crippen LogP contribution in [0.4, 0.5) is 0 Å². The number of amides is 2. The third-order valence-corrected chi connectivity index (χ3v) is 2.71. The van der Waals surface area contributed by atoms with E-state index in [4.69, 9.17) is 16.9 Å². The second kappa shape index (κ2) is 6.33. The number of carbonyl (C=O) groups excluding carboxylic acids is 2. The fraction of sp³-hybridized carbons (Fsp3) is 0.700. The molecule has 0 saturated carbocycles. The van der Waals surface area contributed by atoms with Crippen molar-refractivity contribution in [3.63, 3.8) is 0 Å². The van der Waals surface area contributed by atoms with Gasteiger partial charge in [0.1, 0.15) is 6.42 Å². The number of halogens is 1. The molecule has 0 aliphatic carbocycles. The molecule has 1 saturated heterocycles. The monoisotopic (exact) mass is 243 g/mol. The van der Waals surface area contributed by atoms with E-state index in [0.717, 1.165) is 0 Å². The Hall–Kier alpha value is -1.28. The van der Waals surface area contributed by atoms with Crippen LogP contribution in [0.5, 0.6) is 0 Å². The molecule has 0 unspecified atom stereocenters. The largest absolute Gasteiger partial charge is 0.339 e. The number of rotatable bonds is 3. The molecule has 16 heavy (non-hydrogen) atoms. The predicted octanol–water partition coefficient (Wildman–Crippen LogP) is 0.200. The maximum absolute atomic E-state index is 11.5. The van der Waals surface area contributed by atoms with Crippen molar-refractivity contribution in [2.24, 2.45) is 0 Å². The van der Waals surface area contributed by atoms with Gasteiger partial charge in [-0.25, -0.2) is 0 Å². The molecule has 1 aliphatic rings. The van der Waals surface area contributed by atoms with Gasteiger partial charge >= 0.3 is 0 Å². The highest BCUT2D eigenvalue weighted by Gasteiger charge is 2.23. The van der Waals surface area contributed by atoms with Crippen LogP contribution in [-0.2, 0) is 9.59 Å². The van der Waals surface area contributed by atoms with Crippen LogP contribution in [0.25, 0.3) is 0 Å². The zero-order valence-electron chi connectivity index (χ0n) is 8.99. The van der Waals surface area contributed by atoms with Crippen molar-refractivity contribution in [3.05, 3.63) is 0 Å². The first-order valence-electron chi connectivity index (χ1n) is 5.17. The molecule has 2 amide bonds. The highest BCUT2D eigenvalue weighted by atomic mass is 35.5. The van der Waals surface area contributed by atoms with E-state index in [2.05, 4.69) is 0 Å². The van der Waals surface area contributed by atoms with E-state index in [0.29, 0.717) is 38.5 Å². The van der Waals surface area contributed by atoms with E-state index in [1.165, 1.54) is 0 Å². The molecule has 1 fully saturated rings. The smallest absolute Gasteiger partial charge is 0.236 e. The average Bonchev–Trinajstić information content (AvgIpc) is 2.30. The van der Waals surface area contributed by atoms with Gasteiger partial charge in [-0.1, -0.05) is 0 Å². The summed E-state index contributed by atoms with van der Waals surface area (Å²) in [6.45, 7) is 2.09. The fourth-order valence-corrected chi connectivity index (χ4v) is 1.79. The molecule has 88 valence electrons. The Balaban J connectivity index is 2.37. The van der Waals surface area contributed by atoms with E-state index in [1.54, 1.807) is 9.80 Å². The van der Waals surface area contributed by atoms with E-state index >= 15 is 0 Å². The predicted molar refractivity (Wildman–Crippen MR) is 58.7 cm³/mol. The lowest BCUT2D eigenvalue weighted by Crippen LogP contribution is -2.50. The van der Waals surface area contributed by atoms with Gasteiger partial charge in [0.15, 0.2) is 0 Å². The fourth-order valence-electron chi connectivity index (χ4n) is 1.62. The van der Waals surface area contributed by atoms with Gasteiger partial charge in [-0.05, 0) is 0 Å². The van der Waals surface area contributed by atoms with Crippen molar-refractivity contribution in [3.8, 4) is 6.07 Å². The lowest BCUT2D eigenvalue weighted by Gasteiger charge is -2.34. The van der Waals surface area contributed by atoms with Crippen molar-refractivity contribution in [2.45, 2.75) is 12.8 Å². The number of nitriles is 1. The summed E-state index contributed by atoms with van der Waals surface area (Å²) in [5, 5.41) is 8.40. The number of nitrogens with zero attached hydrogens (tertiary/aromatic N) is 3. The second-order valence-corrected chi connectivity index (χ2v) is 3.91. The second-order valence-electron chi connectivity index (χ2n) is 3.54. The summed E-state index contributed by atoms with van der Waals surface area (Å²) in [6.07, 6.45) is 0.253. The molecule has 0 radical (unpaired) electrons. The summed E-state index contributed by atoms with van der Waals surface area (Å²) in [5.74, 6) is 0.196. The van der Waals surface area contributed by atoms with Crippen LogP contribution in [0.3, 0.4) is 0 Å². The number of alkyl halides is 1. The molecule has 0 spiro atoms. The summed E-state index contributed by atoms with van der Waals surface area (Å²) in [6, 6.07) is 1.83. The number of carbonyl (C=O) groups is 2. The minimum absolute atomic E-state index is 0.0300. The van der Waals surface area contributed by atoms with Gasteiger partial charge in [-0.2, -0.15) is 5.26 Å². The van der Waals surface area contributed by atoms with Gasteiger partial charge in [0.2, 0.25) is 11.8 Å². The quantitative estimate of drug-likeness (QED) is 0.665. The third-order valence-electron chi connectivity index (χ3n) is 2.52. The summed E-state index contributed by atoms with van der Waals surface area (Å²) in [5.41, 5.74) is 0. The standard InChI is InChI=1S/C10H14ClN3O2/c11-3-1-9(15)13-5-7-14(8-6-13)10(16)2-4-12/h1-3,5-8H2. The first-order chi connectivity index (χ1) is 7.69. The molecule has 1 rings (SSSR count). The average molecular weight is 244 g/mol. The molecule has 0 aromatic rings.